The summed E-state index contributed by atoms with van der Waals surface area (Å²) in [6.07, 6.45) is 2.03. The zero-order valence-electron chi connectivity index (χ0n) is 11.4. The standard InChI is InChI=1S/C16H16FNOS/c1-11-3-8-15(14(17)9-11)18-16(19)13-6-4-12(5-7-13)10-20-2/h3-9H,10H2,1-2H3,(H,18,19). The van der Waals surface area contributed by atoms with Crippen molar-refractivity contribution in [3.8, 4) is 0 Å². The molecule has 2 rings (SSSR count). The molecule has 1 amide bonds. The lowest BCUT2D eigenvalue weighted by Crippen LogP contribution is -2.13. The van der Waals surface area contributed by atoms with Gasteiger partial charge in [0.2, 0.25) is 0 Å². The molecular formula is C16H16FNOS. The van der Waals surface area contributed by atoms with Crippen molar-refractivity contribution in [1.29, 1.82) is 0 Å². The Labute approximate surface area is 122 Å². The quantitative estimate of drug-likeness (QED) is 0.911. The van der Waals surface area contributed by atoms with E-state index in [0.29, 0.717) is 5.56 Å². The Bertz CT molecular complexity index is 610. The van der Waals surface area contributed by atoms with E-state index < -0.39 is 5.82 Å². The Hall–Kier alpha value is -1.81. The first-order chi connectivity index (χ1) is 9.60. The number of thioether (sulfide) groups is 1. The topological polar surface area (TPSA) is 29.1 Å². The largest absolute Gasteiger partial charge is 0.319 e. The number of hydrogen-bond donors (Lipinski definition) is 1. The molecule has 0 radical (unpaired) electrons. The third-order valence-electron chi connectivity index (χ3n) is 2.90. The highest BCUT2D eigenvalue weighted by Crippen LogP contribution is 2.17. The van der Waals surface area contributed by atoms with Crippen LogP contribution in [0, 0.1) is 12.7 Å². The summed E-state index contributed by atoms with van der Waals surface area (Å²) in [6, 6.07) is 12.1. The number of anilines is 1. The maximum absolute atomic E-state index is 13.7. The highest BCUT2D eigenvalue weighted by atomic mass is 32.2. The number of hydrogen-bond acceptors (Lipinski definition) is 2. The van der Waals surface area contributed by atoms with Gasteiger partial charge in [-0.05, 0) is 48.6 Å². The molecule has 0 bridgehead atoms. The van der Waals surface area contributed by atoms with Gasteiger partial charge in [0, 0.05) is 11.3 Å². The van der Waals surface area contributed by atoms with Crippen LogP contribution in [-0.4, -0.2) is 12.2 Å². The number of halogens is 1. The number of carbonyl (C=O) groups excluding carboxylic acids is 1. The third kappa shape index (κ3) is 3.61. The van der Waals surface area contributed by atoms with Crippen molar-refractivity contribution in [2.24, 2.45) is 0 Å². The normalized spacial score (nSPS) is 10.3. The number of amides is 1. The van der Waals surface area contributed by atoms with E-state index in [0.717, 1.165) is 16.9 Å². The van der Waals surface area contributed by atoms with Crippen LogP contribution in [0.15, 0.2) is 42.5 Å². The number of carbonyl (C=O) groups is 1. The second-order valence-corrected chi connectivity index (χ2v) is 5.43. The maximum Gasteiger partial charge on any atom is 0.255 e. The van der Waals surface area contributed by atoms with Gasteiger partial charge in [-0.3, -0.25) is 4.79 Å². The van der Waals surface area contributed by atoms with Gasteiger partial charge in [-0.15, -0.1) is 0 Å². The van der Waals surface area contributed by atoms with E-state index in [1.807, 2.05) is 18.4 Å². The van der Waals surface area contributed by atoms with E-state index in [1.165, 1.54) is 6.07 Å². The molecular weight excluding hydrogens is 273 g/mol. The number of nitrogens with one attached hydrogen (secondary N) is 1. The lowest BCUT2D eigenvalue weighted by atomic mass is 10.1. The van der Waals surface area contributed by atoms with Crippen LogP contribution in [0.4, 0.5) is 10.1 Å². The van der Waals surface area contributed by atoms with Crippen molar-refractivity contribution in [2.75, 3.05) is 11.6 Å². The molecule has 0 heterocycles. The second-order valence-electron chi connectivity index (χ2n) is 4.57. The van der Waals surface area contributed by atoms with Crippen molar-refractivity contribution >= 4 is 23.4 Å². The summed E-state index contributed by atoms with van der Waals surface area (Å²) < 4.78 is 13.7. The Morgan fingerprint density at radius 2 is 1.90 bits per heavy atom. The molecule has 0 aliphatic heterocycles. The fourth-order valence-electron chi connectivity index (χ4n) is 1.84. The molecule has 0 aliphatic rings. The summed E-state index contributed by atoms with van der Waals surface area (Å²) >= 11 is 1.72. The predicted molar refractivity (Wildman–Crippen MR) is 82.8 cm³/mol. The Morgan fingerprint density at radius 1 is 1.20 bits per heavy atom. The minimum atomic E-state index is -0.419. The van der Waals surface area contributed by atoms with Gasteiger partial charge in [0.25, 0.3) is 5.91 Å². The first-order valence-electron chi connectivity index (χ1n) is 6.25. The van der Waals surface area contributed by atoms with Crippen molar-refractivity contribution < 1.29 is 9.18 Å². The highest BCUT2D eigenvalue weighted by Gasteiger charge is 2.09. The van der Waals surface area contributed by atoms with E-state index in [4.69, 9.17) is 0 Å². The summed E-state index contributed by atoms with van der Waals surface area (Å²) in [5.41, 5.74) is 2.71. The molecule has 2 aromatic carbocycles. The van der Waals surface area contributed by atoms with E-state index in [2.05, 4.69) is 5.32 Å². The zero-order valence-corrected chi connectivity index (χ0v) is 12.3. The van der Waals surface area contributed by atoms with Crippen LogP contribution < -0.4 is 5.32 Å². The Kier molecular flexibility index (Phi) is 4.79. The zero-order chi connectivity index (χ0) is 14.5. The van der Waals surface area contributed by atoms with Crippen molar-refractivity contribution in [2.45, 2.75) is 12.7 Å². The molecule has 2 aromatic rings. The summed E-state index contributed by atoms with van der Waals surface area (Å²) in [5, 5.41) is 2.59. The molecule has 104 valence electrons. The average Bonchev–Trinajstić information content (AvgIpc) is 2.43. The van der Waals surface area contributed by atoms with Gasteiger partial charge in [-0.25, -0.2) is 4.39 Å². The first kappa shape index (κ1) is 14.6. The Balaban J connectivity index is 2.11. The molecule has 0 spiro atoms. The third-order valence-corrected chi connectivity index (χ3v) is 3.52. The van der Waals surface area contributed by atoms with Gasteiger partial charge in [-0.1, -0.05) is 18.2 Å². The first-order valence-corrected chi connectivity index (χ1v) is 7.65. The monoisotopic (exact) mass is 289 g/mol. The molecule has 2 nitrogen and oxygen atoms in total. The Morgan fingerprint density at radius 3 is 2.50 bits per heavy atom. The fraction of sp³-hybridized carbons (Fsp3) is 0.188. The molecule has 1 N–H and O–H groups in total. The van der Waals surface area contributed by atoms with Gasteiger partial charge < -0.3 is 5.32 Å². The number of aryl methyl sites for hydroxylation is 1. The van der Waals surface area contributed by atoms with Gasteiger partial charge >= 0.3 is 0 Å². The van der Waals surface area contributed by atoms with Crippen LogP contribution in [0.5, 0.6) is 0 Å². The number of benzene rings is 2. The van der Waals surface area contributed by atoms with E-state index >= 15 is 0 Å². The van der Waals surface area contributed by atoms with Crippen LogP contribution in [0.2, 0.25) is 0 Å². The fourth-order valence-corrected chi connectivity index (χ4v) is 2.36. The molecule has 0 atom stereocenters. The van der Waals surface area contributed by atoms with Gasteiger partial charge in [0.05, 0.1) is 5.69 Å². The lowest BCUT2D eigenvalue weighted by Gasteiger charge is -2.07. The van der Waals surface area contributed by atoms with Crippen LogP contribution in [0.25, 0.3) is 0 Å². The minimum Gasteiger partial charge on any atom is -0.319 e. The number of rotatable bonds is 4. The summed E-state index contributed by atoms with van der Waals surface area (Å²) in [6.45, 7) is 1.80. The van der Waals surface area contributed by atoms with Crippen molar-refractivity contribution in [3.63, 3.8) is 0 Å². The molecule has 0 aromatic heterocycles. The van der Waals surface area contributed by atoms with Crippen LogP contribution in [-0.2, 0) is 5.75 Å². The van der Waals surface area contributed by atoms with Crippen LogP contribution in [0.3, 0.4) is 0 Å². The second kappa shape index (κ2) is 6.57. The van der Waals surface area contributed by atoms with E-state index in [-0.39, 0.29) is 11.6 Å². The van der Waals surface area contributed by atoms with Crippen molar-refractivity contribution in [3.05, 3.63) is 65.0 Å². The summed E-state index contributed by atoms with van der Waals surface area (Å²) in [7, 11) is 0. The molecule has 0 aliphatic carbocycles. The van der Waals surface area contributed by atoms with Crippen LogP contribution in [0.1, 0.15) is 21.5 Å². The lowest BCUT2D eigenvalue weighted by molar-refractivity contribution is 0.102. The molecule has 4 heteroatoms. The predicted octanol–water partition coefficient (Wildman–Crippen LogP) is 4.25. The van der Waals surface area contributed by atoms with Gasteiger partial charge in [0.1, 0.15) is 5.82 Å². The molecule has 0 unspecified atom stereocenters. The van der Waals surface area contributed by atoms with E-state index in [9.17, 15) is 9.18 Å². The average molecular weight is 289 g/mol. The van der Waals surface area contributed by atoms with Crippen LogP contribution >= 0.6 is 11.8 Å². The van der Waals surface area contributed by atoms with Gasteiger partial charge in [-0.2, -0.15) is 11.8 Å². The minimum absolute atomic E-state index is 0.203. The smallest absolute Gasteiger partial charge is 0.255 e. The molecule has 20 heavy (non-hydrogen) atoms. The van der Waals surface area contributed by atoms with Crippen molar-refractivity contribution in [1.82, 2.24) is 0 Å². The highest BCUT2D eigenvalue weighted by molar-refractivity contribution is 7.97. The molecule has 0 saturated carbocycles. The van der Waals surface area contributed by atoms with Gasteiger partial charge in [0.15, 0.2) is 0 Å². The maximum atomic E-state index is 13.7. The molecule has 0 fully saturated rings. The molecule has 0 saturated heterocycles. The SMILES string of the molecule is CSCc1ccc(C(=O)Nc2ccc(C)cc2F)cc1. The summed E-state index contributed by atoms with van der Waals surface area (Å²) in [5.74, 6) is 0.190. The summed E-state index contributed by atoms with van der Waals surface area (Å²) in [4.78, 5) is 12.0. The van der Waals surface area contributed by atoms with E-state index in [1.54, 1.807) is 43.0 Å².